The number of likely N-dealkylation sites (N-methyl/N-ethyl adjacent to an activating group) is 1. The Kier molecular flexibility index (Phi) is 5.20. The maximum Gasteiger partial charge on any atom is 0.161 e. The lowest BCUT2D eigenvalue weighted by Gasteiger charge is -2.24. The first kappa shape index (κ1) is 15.4. The highest BCUT2D eigenvalue weighted by Crippen LogP contribution is 2.20. The molecule has 0 amide bonds. The number of anilines is 1. The fourth-order valence-corrected chi connectivity index (χ4v) is 2.02. The Bertz CT molecular complexity index is 619. The number of rotatable bonds is 6. The molecule has 0 saturated carbocycles. The molecular weight excluding hydrogens is 288 g/mol. The van der Waals surface area contributed by atoms with E-state index in [0.717, 1.165) is 18.8 Å². The van der Waals surface area contributed by atoms with E-state index in [1.807, 2.05) is 38.4 Å². The van der Waals surface area contributed by atoms with Gasteiger partial charge in [-0.15, -0.1) is 0 Å². The largest absolute Gasteiger partial charge is 0.467 e. The SMILES string of the molecule is CN(C)CCN(Cc1ccco1)c1ccc(Cl)c(C#N)n1. The molecule has 0 bridgehead atoms. The van der Waals surface area contributed by atoms with Gasteiger partial charge in [0.2, 0.25) is 0 Å². The fourth-order valence-electron chi connectivity index (χ4n) is 1.87. The van der Waals surface area contributed by atoms with Gasteiger partial charge in [0.1, 0.15) is 17.6 Å². The number of aromatic nitrogens is 1. The molecule has 21 heavy (non-hydrogen) atoms. The van der Waals surface area contributed by atoms with Crippen molar-refractivity contribution >= 4 is 17.4 Å². The Hall–Kier alpha value is -2.03. The molecular formula is C15H17ClN4O. The number of nitriles is 1. The lowest BCUT2D eigenvalue weighted by Crippen LogP contribution is -2.32. The number of pyridine rings is 1. The highest BCUT2D eigenvalue weighted by molar-refractivity contribution is 6.31. The van der Waals surface area contributed by atoms with Crippen LogP contribution in [0, 0.1) is 11.3 Å². The van der Waals surface area contributed by atoms with Gasteiger partial charge < -0.3 is 14.2 Å². The Morgan fingerprint density at radius 1 is 1.29 bits per heavy atom. The van der Waals surface area contributed by atoms with Gasteiger partial charge in [-0.1, -0.05) is 11.6 Å². The average Bonchev–Trinajstić information content (AvgIpc) is 2.97. The van der Waals surface area contributed by atoms with Crippen LogP contribution in [0.5, 0.6) is 0 Å². The van der Waals surface area contributed by atoms with E-state index in [1.54, 1.807) is 12.3 Å². The standard InChI is InChI=1S/C15H17ClN4O/c1-19(2)7-8-20(11-12-4-3-9-21-12)15-6-5-13(16)14(10-17)18-15/h3-6,9H,7-8,11H2,1-2H3. The fraction of sp³-hybridized carbons (Fsp3) is 0.333. The normalized spacial score (nSPS) is 10.6. The van der Waals surface area contributed by atoms with Crippen molar-refractivity contribution in [2.45, 2.75) is 6.54 Å². The Labute approximate surface area is 129 Å². The van der Waals surface area contributed by atoms with Gasteiger partial charge in [-0.3, -0.25) is 0 Å². The lowest BCUT2D eigenvalue weighted by molar-refractivity contribution is 0.407. The van der Waals surface area contributed by atoms with Crippen LogP contribution in [-0.2, 0) is 6.54 Å². The van der Waals surface area contributed by atoms with Crippen molar-refractivity contribution in [3.63, 3.8) is 0 Å². The van der Waals surface area contributed by atoms with Gasteiger partial charge in [0, 0.05) is 13.1 Å². The minimum atomic E-state index is 0.239. The maximum absolute atomic E-state index is 9.06. The maximum atomic E-state index is 9.06. The van der Waals surface area contributed by atoms with Crippen molar-refractivity contribution in [2.24, 2.45) is 0 Å². The molecule has 2 aromatic rings. The third-order valence-electron chi connectivity index (χ3n) is 3.01. The van der Waals surface area contributed by atoms with E-state index in [4.69, 9.17) is 21.3 Å². The molecule has 0 atom stereocenters. The first-order valence-corrected chi connectivity index (χ1v) is 6.96. The topological polar surface area (TPSA) is 56.3 Å². The zero-order chi connectivity index (χ0) is 15.2. The van der Waals surface area contributed by atoms with Crippen LogP contribution < -0.4 is 4.90 Å². The summed E-state index contributed by atoms with van der Waals surface area (Å²) in [5, 5.41) is 9.42. The summed E-state index contributed by atoms with van der Waals surface area (Å²) in [5.74, 6) is 1.57. The molecule has 2 rings (SSSR count). The Balaban J connectivity index is 2.23. The zero-order valence-corrected chi connectivity index (χ0v) is 12.8. The number of nitrogens with zero attached hydrogens (tertiary/aromatic N) is 4. The van der Waals surface area contributed by atoms with E-state index >= 15 is 0 Å². The zero-order valence-electron chi connectivity index (χ0n) is 12.1. The van der Waals surface area contributed by atoms with Crippen LogP contribution in [0.4, 0.5) is 5.82 Å². The second kappa shape index (κ2) is 7.11. The van der Waals surface area contributed by atoms with Crippen LogP contribution in [0.3, 0.4) is 0 Å². The van der Waals surface area contributed by atoms with Crippen molar-refractivity contribution in [1.82, 2.24) is 9.88 Å². The van der Waals surface area contributed by atoms with Crippen LogP contribution in [0.25, 0.3) is 0 Å². The highest BCUT2D eigenvalue weighted by atomic mass is 35.5. The van der Waals surface area contributed by atoms with E-state index in [0.29, 0.717) is 17.4 Å². The van der Waals surface area contributed by atoms with Crippen LogP contribution >= 0.6 is 11.6 Å². The lowest BCUT2D eigenvalue weighted by atomic mass is 10.3. The molecule has 2 aromatic heterocycles. The molecule has 2 heterocycles. The van der Waals surface area contributed by atoms with Crippen molar-refractivity contribution in [2.75, 3.05) is 32.1 Å². The molecule has 0 spiro atoms. The van der Waals surface area contributed by atoms with E-state index < -0.39 is 0 Å². The minimum Gasteiger partial charge on any atom is -0.467 e. The molecule has 0 unspecified atom stereocenters. The van der Waals surface area contributed by atoms with Crippen LogP contribution in [0.1, 0.15) is 11.5 Å². The van der Waals surface area contributed by atoms with E-state index in [2.05, 4.69) is 14.8 Å². The first-order valence-electron chi connectivity index (χ1n) is 6.59. The number of hydrogen-bond donors (Lipinski definition) is 0. The second-order valence-electron chi connectivity index (χ2n) is 4.92. The summed E-state index contributed by atoms with van der Waals surface area (Å²) >= 11 is 5.94. The average molecular weight is 305 g/mol. The molecule has 110 valence electrons. The van der Waals surface area contributed by atoms with Gasteiger partial charge in [-0.2, -0.15) is 5.26 Å². The molecule has 0 aliphatic carbocycles. The summed E-state index contributed by atoms with van der Waals surface area (Å²) < 4.78 is 5.40. The quantitative estimate of drug-likeness (QED) is 0.821. The second-order valence-corrected chi connectivity index (χ2v) is 5.32. The van der Waals surface area contributed by atoms with Crippen LogP contribution in [0.15, 0.2) is 34.9 Å². The number of halogens is 1. The predicted molar refractivity (Wildman–Crippen MR) is 82.3 cm³/mol. The van der Waals surface area contributed by atoms with E-state index in [1.165, 1.54) is 0 Å². The first-order chi connectivity index (χ1) is 10.1. The van der Waals surface area contributed by atoms with Gasteiger partial charge in [-0.25, -0.2) is 4.98 Å². The summed E-state index contributed by atoms with van der Waals surface area (Å²) in [5.41, 5.74) is 0.239. The van der Waals surface area contributed by atoms with Crippen LogP contribution in [0.2, 0.25) is 5.02 Å². The van der Waals surface area contributed by atoms with E-state index in [9.17, 15) is 0 Å². The van der Waals surface area contributed by atoms with Gasteiger partial charge in [0.25, 0.3) is 0 Å². The Morgan fingerprint density at radius 3 is 2.71 bits per heavy atom. The summed E-state index contributed by atoms with van der Waals surface area (Å²) in [6.45, 7) is 2.24. The molecule has 0 aromatic carbocycles. The van der Waals surface area contributed by atoms with Crippen molar-refractivity contribution in [3.8, 4) is 6.07 Å². The molecule has 0 saturated heterocycles. The van der Waals surface area contributed by atoms with Crippen LogP contribution in [-0.4, -0.2) is 37.1 Å². The number of furan rings is 1. The van der Waals surface area contributed by atoms with Crippen molar-refractivity contribution in [3.05, 3.63) is 47.0 Å². The predicted octanol–water partition coefficient (Wildman–Crippen LogP) is 2.77. The monoisotopic (exact) mass is 304 g/mol. The van der Waals surface area contributed by atoms with Crippen molar-refractivity contribution < 1.29 is 4.42 Å². The minimum absolute atomic E-state index is 0.239. The highest BCUT2D eigenvalue weighted by Gasteiger charge is 2.13. The summed E-state index contributed by atoms with van der Waals surface area (Å²) in [6, 6.07) is 9.31. The van der Waals surface area contributed by atoms with Crippen molar-refractivity contribution in [1.29, 1.82) is 5.26 Å². The third-order valence-corrected chi connectivity index (χ3v) is 3.31. The van der Waals surface area contributed by atoms with E-state index in [-0.39, 0.29) is 5.69 Å². The molecule has 0 aliphatic rings. The molecule has 0 aliphatic heterocycles. The van der Waals surface area contributed by atoms with Gasteiger partial charge >= 0.3 is 0 Å². The molecule has 0 N–H and O–H groups in total. The smallest absolute Gasteiger partial charge is 0.161 e. The van der Waals surface area contributed by atoms with Gasteiger partial charge in [0.05, 0.1) is 17.8 Å². The Morgan fingerprint density at radius 2 is 2.10 bits per heavy atom. The van der Waals surface area contributed by atoms with Gasteiger partial charge in [0.15, 0.2) is 5.69 Å². The molecule has 0 radical (unpaired) electrons. The molecule has 0 fully saturated rings. The number of hydrogen-bond acceptors (Lipinski definition) is 5. The third kappa shape index (κ3) is 4.22. The van der Waals surface area contributed by atoms with Gasteiger partial charge in [-0.05, 0) is 38.4 Å². The molecule has 6 heteroatoms. The summed E-state index contributed by atoms with van der Waals surface area (Å²) in [7, 11) is 4.03. The summed E-state index contributed by atoms with van der Waals surface area (Å²) in [6.07, 6.45) is 1.65. The summed E-state index contributed by atoms with van der Waals surface area (Å²) in [4.78, 5) is 8.48. The molecule has 5 nitrogen and oxygen atoms in total.